The Morgan fingerprint density at radius 2 is 0.848 bits per heavy atom. The zero-order valence-corrected chi connectivity index (χ0v) is 30.5. The van der Waals surface area contributed by atoms with Crippen LogP contribution in [0.3, 0.4) is 0 Å². The number of rotatable bonds is 34. The highest BCUT2D eigenvalue weighted by Crippen LogP contribution is 2.24. The van der Waals surface area contributed by atoms with Gasteiger partial charge in [0.2, 0.25) is 0 Å². The van der Waals surface area contributed by atoms with Gasteiger partial charge in [-0.25, -0.2) is 0 Å². The fourth-order valence-electron chi connectivity index (χ4n) is 6.78. The number of aliphatic carboxylic acids is 3. The van der Waals surface area contributed by atoms with Gasteiger partial charge in [-0.05, 0) is 32.1 Å². The molecule has 0 bridgehead atoms. The van der Waals surface area contributed by atoms with Crippen molar-refractivity contribution in [3.8, 4) is 0 Å². The molecule has 0 rings (SSSR count). The number of unbranched alkanes of at least 4 members (excludes halogenated alkanes) is 18. The van der Waals surface area contributed by atoms with Gasteiger partial charge in [0.1, 0.15) is 11.8 Å². The number of carboxylic acids is 3. The molecular weight excluding hydrogens is 578 g/mol. The Bertz CT molecular complexity index is 738. The smallest absolute Gasteiger partial charge is 0.312 e. The molecule has 46 heavy (non-hydrogen) atoms. The molecule has 270 valence electrons. The Morgan fingerprint density at radius 1 is 0.522 bits per heavy atom. The normalized spacial score (nSPS) is 15.0. The summed E-state index contributed by atoms with van der Waals surface area (Å²) in [5.41, 5.74) is 0. The molecular formula is C39H73NO6. The van der Waals surface area contributed by atoms with Crippen LogP contribution in [0.4, 0.5) is 0 Å². The van der Waals surface area contributed by atoms with Crippen molar-refractivity contribution < 1.29 is 34.2 Å². The molecule has 0 saturated heterocycles. The Hall–Kier alpha value is -1.89. The first kappa shape index (κ1) is 44.1. The van der Waals surface area contributed by atoms with E-state index in [4.69, 9.17) is 0 Å². The van der Waals surface area contributed by atoms with E-state index in [2.05, 4.69) is 19.1 Å². The van der Waals surface area contributed by atoms with Crippen molar-refractivity contribution in [2.24, 2.45) is 17.8 Å². The summed E-state index contributed by atoms with van der Waals surface area (Å²) >= 11 is 0. The van der Waals surface area contributed by atoms with Crippen molar-refractivity contribution in [3.05, 3.63) is 12.2 Å². The lowest BCUT2D eigenvalue weighted by Gasteiger charge is -2.44. The lowest BCUT2D eigenvalue weighted by Crippen LogP contribution is -2.59. The molecule has 3 unspecified atom stereocenters. The highest BCUT2D eigenvalue weighted by molar-refractivity contribution is 5.71. The number of hydrogen-bond donors (Lipinski definition) is 2. The van der Waals surface area contributed by atoms with Gasteiger partial charge in [0.05, 0.1) is 32.1 Å². The summed E-state index contributed by atoms with van der Waals surface area (Å²) in [6.45, 7) is 8.87. The number of carboxylic acid groups (broad SMARTS) is 3. The summed E-state index contributed by atoms with van der Waals surface area (Å²) in [6, 6.07) is 0. The second kappa shape index (κ2) is 29.3. The minimum Gasteiger partial charge on any atom is -0.550 e. The lowest BCUT2D eigenvalue weighted by molar-refractivity contribution is -0.934. The highest BCUT2D eigenvalue weighted by Gasteiger charge is 2.39. The van der Waals surface area contributed by atoms with Gasteiger partial charge in [-0.15, -0.1) is 0 Å². The molecule has 3 atom stereocenters. The molecule has 0 heterocycles. The largest absolute Gasteiger partial charge is 0.550 e. The molecule has 0 aliphatic rings. The molecule has 0 saturated carbocycles. The molecule has 0 aromatic heterocycles. The predicted molar refractivity (Wildman–Crippen MR) is 189 cm³/mol. The van der Waals surface area contributed by atoms with Crippen molar-refractivity contribution in [2.75, 3.05) is 26.2 Å². The van der Waals surface area contributed by atoms with E-state index >= 15 is 0 Å². The highest BCUT2D eigenvalue weighted by atomic mass is 16.4. The molecule has 0 fully saturated rings. The molecule has 0 aromatic carbocycles. The number of carbonyl (C=O) groups is 3. The summed E-state index contributed by atoms with van der Waals surface area (Å²) in [7, 11) is 0. The quantitative estimate of drug-likeness (QED) is 0.0407. The molecule has 0 aliphatic heterocycles. The first-order valence-corrected chi connectivity index (χ1v) is 19.3. The fourth-order valence-corrected chi connectivity index (χ4v) is 6.78. The minimum atomic E-state index is -1.15. The summed E-state index contributed by atoms with van der Waals surface area (Å²) in [5.74, 6) is -5.05. The van der Waals surface area contributed by atoms with Gasteiger partial charge in [0, 0.05) is 12.3 Å². The molecule has 0 amide bonds. The van der Waals surface area contributed by atoms with Crippen LogP contribution in [0.15, 0.2) is 12.2 Å². The molecule has 7 heteroatoms. The van der Waals surface area contributed by atoms with Crippen LogP contribution in [0.5, 0.6) is 0 Å². The molecule has 0 radical (unpaired) electrons. The third-order valence-corrected chi connectivity index (χ3v) is 9.99. The van der Waals surface area contributed by atoms with Crippen molar-refractivity contribution in [3.63, 3.8) is 0 Å². The second-order valence-corrected chi connectivity index (χ2v) is 14.0. The molecule has 0 aromatic rings. The van der Waals surface area contributed by atoms with Crippen LogP contribution in [-0.4, -0.2) is 58.8 Å². The van der Waals surface area contributed by atoms with Crippen LogP contribution in [0.2, 0.25) is 0 Å². The molecule has 0 spiro atoms. The van der Waals surface area contributed by atoms with Gasteiger partial charge in [0.15, 0.2) is 0 Å². The summed E-state index contributed by atoms with van der Waals surface area (Å²) in [4.78, 5) is 35.9. The Labute approximate surface area is 283 Å². The summed E-state index contributed by atoms with van der Waals surface area (Å²) in [6.07, 6.45) is 31.6. The van der Waals surface area contributed by atoms with Crippen molar-refractivity contribution in [2.45, 2.75) is 175 Å². The van der Waals surface area contributed by atoms with E-state index in [-0.39, 0.29) is 24.1 Å². The Balaban J connectivity index is 4.49. The van der Waals surface area contributed by atoms with Crippen molar-refractivity contribution in [1.82, 2.24) is 0 Å². The third-order valence-electron chi connectivity index (χ3n) is 9.99. The van der Waals surface area contributed by atoms with E-state index in [1.165, 1.54) is 109 Å². The average molecular weight is 652 g/mol. The monoisotopic (exact) mass is 652 g/mol. The molecule has 7 nitrogen and oxygen atoms in total. The SMILES string of the molecule is CCCCCCCCCCCCCCCCCCCC/C=C/CC[N+](CC(CC)C(=O)[O-])(CC(CC)C(=O)O)CC(CC)C(=O)O. The van der Waals surface area contributed by atoms with Gasteiger partial charge in [-0.1, -0.05) is 149 Å². The maximum atomic E-state index is 12.0. The molecule has 2 N–H and O–H groups in total. The van der Waals surface area contributed by atoms with Crippen LogP contribution in [0.25, 0.3) is 0 Å². The van der Waals surface area contributed by atoms with E-state index in [0.29, 0.717) is 32.2 Å². The summed E-state index contributed by atoms with van der Waals surface area (Å²) < 4.78 is 0.172. The van der Waals surface area contributed by atoms with Crippen LogP contribution in [-0.2, 0) is 14.4 Å². The van der Waals surface area contributed by atoms with E-state index < -0.39 is 35.7 Å². The van der Waals surface area contributed by atoms with E-state index in [1.807, 2.05) is 13.8 Å². The lowest BCUT2D eigenvalue weighted by atomic mass is 9.96. The van der Waals surface area contributed by atoms with Gasteiger partial charge in [-0.2, -0.15) is 0 Å². The maximum absolute atomic E-state index is 12.0. The number of hydrogen-bond acceptors (Lipinski definition) is 4. The van der Waals surface area contributed by atoms with Gasteiger partial charge >= 0.3 is 11.9 Å². The van der Waals surface area contributed by atoms with Gasteiger partial charge in [0.25, 0.3) is 0 Å². The molecule has 0 aliphatic carbocycles. The predicted octanol–water partition coefficient (Wildman–Crippen LogP) is 9.18. The number of nitrogens with zero attached hydrogens (tertiary/aromatic N) is 1. The summed E-state index contributed by atoms with van der Waals surface area (Å²) in [5, 5.41) is 31.5. The standard InChI is InChI=1S/C39H73NO6/c1-5-9-10-11-12-13-14-15-16-17-18-19-20-21-22-23-24-25-26-27-28-29-30-40(31-34(6-2)37(41)42,32-35(7-3)38(43)44)33-36(8-4)39(45)46/h27-28,34-36H,5-26,29-33H2,1-4H3,(H2-,41,42,43,44,45,46)/b28-27+. The van der Waals surface area contributed by atoms with E-state index in [9.17, 15) is 29.7 Å². The van der Waals surface area contributed by atoms with Crippen LogP contribution in [0.1, 0.15) is 175 Å². The Morgan fingerprint density at radius 3 is 1.17 bits per heavy atom. The van der Waals surface area contributed by atoms with Crippen LogP contribution < -0.4 is 5.11 Å². The number of carbonyl (C=O) groups excluding carboxylic acids is 1. The van der Waals surface area contributed by atoms with Gasteiger partial charge < -0.3 is 24.6 Å². The average Bonchev–Trinajstić information content (AvgIpc) is 3.03. The second-order valence-electron chi connectivity index (χ2n) is 14.0. The topological polar surface area (TPSA) is 115 Å². The third kappa shape index (κ3) is 22.6. The Kier molecular flexibility index (Phi) is 28.1. The maximum Gasteiger partial charge on any atom is 0.312 e. The minimum absolute atomic E-state index is 0.172. The first-order chi connectivity index (χ1) is 22.2. The van der Waals surface area contributed by atoms with E-state index in [0.717, 1.165) is 12.8 Å². The number of allylic oxidation sites excluding steroid dienone is 1. The van der Waals surface area contributed by atoms with E-state index in [1.54, 1.807) is 6.92 Å². The zero-order chi connectivity index (χ0) is 34.5. The fraction of sp³-hybridized carbons (Fsp3) is 0.872. The van der Waals surface area contributed by atoms with Crippen molar-refractivity contribution in [1.29, 1.82) is 0 Å². The van der Waals surface area contributed by atoms with Crippen LogP contribution in [0, 0.1) is 17.8 Å². The zero-order valence-electron chi connectivity index (χ0n) is 30.5. The van der Waals surface area contributed by atoms with Crippen molar-refractivity contribution >= 4 is 17.9 Å². The van der Waals surface area contributed by atoms with Crippen LogP contribution >= 0.6 is 0 Å². The van der Waals surface area contributed by atoms with Gasteiger partial charge in [-0.3, -0.25) is 9.59 Å². The number of quaternary nitrogens is 1. The first-order valence-electron chi connectivity index (χ1n) is 19.3.